The summed E-state index contributed by atoms with van der Waals surface area (Å²) < 4.78 is 0. The summed E-state index contributed by atoms with van der Waals surface area (Å²) in [7, 11) is -3.66. The number of rotatable bonds is 9. The summed E-state index contributed by atoms with van der Waals surface area (Å²) in [4.78, 5) is 52.7. The molecule has 0 bridgehead atoms. The fourth-order valence-corrected chi connectivity index (χ4v) is 8.27. The van der Waals surface area contributed by atoms with Gasteiger partial charge in [0.25, 0.3) is 11.4 Å². The Morgan fingerprint density at radius 1 is 0.481 bits per heavy atom. The van der Waals surface area contributed by atoms with Crippen LogP contribution in [0.3, 0.4) is 0 Å². The predicted molar refractivity (Wildman–Crippen MR) is 212 cm³/mol. The molecular weight excluding hydrogens is 689 g/mol. The van der Waals surface area contributed by atoms with Crippen molar-refractivity contribution >= 4 is 61.6 Å². The van der Waals surface area contributed by atoms with Crippen LogP contribution in [-0.4, -0.2) is 37.6 Å². The van der Waals surface area contributed by atoms with E-state index < -0.39 is 26.0 Å². The number of ketones is 2. The maximum atomic E-state index is 13.7. The van der Waals surface area contributed by atoms with Crippen molar-refractivity contribution in [2.75, 3.05) is 9.80 Å². The van der Waals surface area contributed by atoms with Crippen molar-refractivity contribution in [1.29, 1.82) is 0 Å². The van der Waals surface area contributed by atoms with Crippen LogP contribution in [0.2, 0.25) is 39.3 Å². The maximum absolute atomic E-state index is 13.7. The minimum atomic E-state index is -1.83. The van der Waals surface area contributed by atoms with Gasteiger partial charge in [-0.1, -0.05) is 74.9 Å². The summed E-state index contributed by atoms with van der Waals surface area (Å²) in [6, 6.07) is 28.0. The van der Waals surface area contributed by atoms with Crippen molar-refractivity contribution in [2.24, 2.45) is 0 Å². The highest BCUT2D eigenvalue weighted by Gasteiger charge is 2.33. The van der Waals surface area contributed by atoms with Crippen molar-refractivity contribution in [1.82, 2.24) is 0 Å². The molecule has 12 heteroatoms. The topological polar surface area (TPSA) is 127 Å². The molecule has 0 atom stereocenters. The summed E-state index contributed by atoms with van der Waals surface area (Å²) in [5.41, 5.74) is 11.0. The van der Waals surface area contributed by atoms with Gasteiger partial charge < -0.3 is 9.80 Å². The Kier molecular flexibility index (Phi) is 9.38. The molecule has 0 N–H and O–H groups in total. The highest BCUT2D eigenvalue weighted by atomic mass is 28.3. The minimum absolute atomic E-state index is 0.0333. The average molecular weight is 727 g/mol. The summed E-state index contributed by atoms with van der Waals surface area (Å²) >= 11 is 0. The van der Waals surface area contributed by atoms with E-state index in [1.54, 1.807) is 36.7 Å². The van der Waals surface area contributed by atoms with E-state index in [1.807, 2.05) is 58.3 Å². The van der Waals surface area contributed by atoms with E-state index in [2.05, 4.69) is 50.7 Å². The van der Waals surface area contributed by atoms with Crippen molar-refractivity contribution in [3.63, 3.8) is 0 Å². The molecule has 0 unspecified atom stereocenters. The molecule has 0 saturated carbocycles. The molecule has 0 amide bonds. The summed E-state index contributed by atoms with van der Waals surface area (Å²) in [5.74, 6) is -0.241. The second-order valence-electron chi connectivity index (χ2n) is 15.0. The molecule has 2 aliphatic heterocycles. The zero-order valence-corrected chi connectivity index (χ0v) is 31.8. The summed E-state index contributed by atoms with van der Waals surface area (Å²) in [5, 5.41) is 22.4. The lowest BCUT2D eigenvalue weighted by Crippen LogP contribution is -2.24. The van der Waals surface area contributed by atoms with Crippen molar-refractivity contribution < 1.29 is 19.4 Å². The first-order chi connectivity index (χ1) is 24.5. The zero-order chi connectivity index (χ0) is 37.5. The number of carbonyl (C=O) groups excluding carboxylic acids is 2. The van der Waals surface area contributed by atoms with Gasteiger partial charge in [0.15, 0.2) is 0 Å². The molecule has 0 fully saturated rings. The number of nitro benzene ring substituents is 2. The predicted octanol–water partition coefficient (Wildman–Crippen LogP) is 9.55. The largest absolute Gasteiger partial charge is 0.313 e. The van der Waals surface area contributed by atoms with Gasteiger partial charge in [-0.3, -0.25) is 29.8 Å². The second kappa shape index (κ2) is 13.6. The Bertz CT molecular complexity index is 2070. The molecule has 2 aliphatic rings. The lowest BCUT2D eigenvalue weighted by molar-refractivity contribution is -0.385. The van der Waals surface area contributed by atoms with Gasteiger partial charge in [-0.25, -0.2) is 0 Å². The van der Waals surface area contributed by atoms with Crippen LogP contribution in [0.4, 0.5) is 22.7 Å². The number of nitro groups is 2. The molecule has 4 aromatic rings. The Hall–Kier alpha value is -5.99. The Balaban J connectivity index is 1.29. The van der Waals surface area contributed by atoms with Gasteiger partial charge >= 0.3 is 0 Å². The second-order valence-corrected chi connectivity index (χ2v) is 25.0. The molecule has 0 spiro atoms. The van der Waals surface area contributed by atoms with Crippen LogP contribution in [0, 0.1) is 20.2 Å². The first-order valence-corrected chi connectivity index (χ1v) is 23.9. The van der Waals surface area contributed by atoms with Crippen molar-refractivity contribution in [2.45, 2.75) is 39.3 Å². The van der Waals surface area contributed by atoms with E-state index >= 15 is 0 Å². The van der Waals surface area contributed by atoms with Crippen molar-refractivity contribution in [3.05, 3.63) is 164 Å². The van der Waals surface area contributed by atoms with Crippen LogP contribution in [-0.2, 0) is 9.59 Å². The van der Waals surface area contributed by atoms with Crippen LogP contribution in [0.25, 0.3) is 22.3 Å². The summed E-state index contributed by atoms with van der Waals surface area (Å²) in [6.07, 6.45) is 3.61. The van der Waals surface area contributed by atoms with Gasteiger partial charge in [-0.15, -0.1) is 0 Å². The average Bonchev–Trinajstić information content (AvgIpc) is 3.58. The standard InChI is InChI=1S/C40H38N4O6Si2/c1-51(2,3)25-37-39(45)35(29-11-19-33(20-12-29)43(47)48)23-41(37)31-15-7-27(8-16-31)28-9-17-32(18-10-28)42-24-36(40(46)38(42)26-52(4,5)6)30-13-21-34(22-14-30)44(49)50/h7-26H,1-6H3/b37-25-,38-26-. The number of nitrogens with zero attached hydrogens (tertiary/aromatic N) is 4. The van der Waals surface area contributed by atoms with Gasteiger partial charge in [0, 0.05) is 59.2 Å². The Morgan fingerprint density at radius 3 is 1.04 bits per heavy atom. The fraction of sp³-hybridized carbons (Fsp3) is 0.150. The lowest BCUT2D eigenvalue weighted by Gasteiger charge is -2.21. The number of Topliss-reactive ketones (excluding diaryl/α,β-unsaturated/α-hetero) is 2. The minimum Gasteiger partial charge on any atom is -0.313 e. The van der Waals surface area contributed by atoms with Gasteiger partial charge in [0.05, 0.1) is 37.4 Å². The van der Waals surface area contributed by atoms with E-state index in [0.29, 0.717) is 33.7 Å². The normalized spacial score (nSPS) is 16.5. The molecule has 0 aliphatic carbocycles. The molecule has 6 rings (SSSR count). The number of carbonyl (C=O) groups is 2. The number of hydrogen-bond donors (Lipinski definition) is 0. The van der Waals surface area contributed by atoms with Crippen LogP contribution in [0.5, 0.6) is 0 Å². The van der Waals surface area contributed by atoms with Crippen LogP contribution < -0.4 is 9.80 Å². The highest BCUT2D eigenvalue weighted by molar-refractivity contribution is 6.82. The van der Waals surface area contributed by atoms with E-state index in [0.717, 1.165) is 22.5 Å². The monoisotopic (exact) mass is 726 g/mol. The van der Waals surface area contributed by atoms with Gasteiger partial charge in [0.1, 0.15) is 0 Å². The SMILES string of the molecule is C[Si](C)(C)/C=C1/C(=O)C(c2ccc([N+](=O)[O-])cc2)=CN1c1ccc(-c2ccc(N3C=C(c4ccc([N+](=O)[O-])cc4)C(=O)/C3=C/[Si](C)(C)C)cc2)cc1. The molecule has 0 radical (unpaired) electrons. The molecule has 2 heterocycles. The van der Waals surface area contributed by atoms with Crippen LogP contribution in [0.15, 0.2) is 132 Å². The molecule has 0 aromatic heterocycles. The Labute approximate surface area is 304 Å². The van der Waals surface area contributed by atoms with Crippen LogP contribution >= 0.6 is 0 Å². The van der Waals surface area contributed by atoms with Gasteiger partial charge in [0.2, 0.25) is 11.6 Å². The zero-order valence-electron chi connectivity index (χ0n) is 29.8. The molecule has 262 valence electrons. The third-order valence-corrected chi connectivity index (χ3v) is 10.8. The van der Waals surface area contributed by atoms with Crippen LogP contribution in [0.1, 0.15) is 11.1 Å². The Morgan fingerprint density at radius 2 is 0.769 bits per heavy atom. The van der Waals surface area contributed by atoms with E-state index in [1.165, 1.54) is 24.3 Å². The van der Waals surface area contributed by atoms with Crippen molar-refractivity contribution in [3.8, 4) is 11.1 Å². The van der Waals surface area contributed by atoms with E-state index in [9.17, 15) is 29.8 Å². The summed E-state index contributed by atoms with van der Waals surface area (Å²) in [6.45, 7) is 13.0. The third-order valence-electron chi connectivity index (χ3n) is 8.53. The molecule has 4 aromatic carbocycles. The number of benzene rings is 4. The third kappa shape index (κ3) is 7.53. The number of non-ortho nitro benzene ring substituents is 2. The molecule has 0 saturated heterocycles. The number of allylic oxidation sites excluding steroid dienone is 2. The molecule has 52 heavy (non-hydrogen) atoms. The molecule has 10 nitrogen and oxygen atoms in total. The maximum Gasteiger partial charge on any atom is 0.269 e. The van der Waals surface area contributed by atoms with Gasteiger partial charge in [-0.2, -0.15) is 0 Å². The van der Waals surface area contributed by atoms with E-state index in [4.69, 9.17) is 0 Å². The number of anilines is 2. The first kappa shape index (κ1) is 35.8. The molecular formula is C40H38N4O6Si2. The van der Waals surface area contributed by atoms with E-state index in [-0.39, 0.29) is 22.9 Å². The quantitative estimate of drug-likeness (QED) is 0.0722. The highest BCUT2D eigenvalue weighted by Crippen LogP contribution is 2.38. The first-order valence-electron chi connectivity index (χ1n) is 16.8. The number of hydrogen-bond acceptors (Lipinski definition) is 8. The lowest BCUT2D eigenvalue weighted by atomic mass is 10.0. The van der Waals surface area contributed by atoms with Gasteiger partial charge in [-0.05, 0) is 70.8 Å². The fourth-order valence-electron chi connectivity index (χ4n) is 6.09. The smallest absolute Gasteiger partial charge is 0.269 e.